The van der Waals surface area contributed by atoms with Crippen molar-refractivity contribution in [3.63, 3.8) is 0 Å². The molecule has 0 bridgehead atoms. The molecule has 0 heterocycles. The zero-order valence-corrected chi connectivity index (χ0v) is 12.4. The number of Topliss-reactive ketones (excluding diaryl/α,β-unsaturated/α-hetero) is 1. The van der Waals surface area contributed by atoms with Crippen LogP contribution >= 0.6 is 0 Å². The molecule has 0 aromatic heterocycles. The van der Waals surface area contributed by atoms with Gasteiger partial charge in [0, 0.05) is 26.3 Å². The van der Waals surface area contributed by atoms with Crippen molar-refractivity contribution in [3.05, 3.63) is 29.8 Å². The van der Waals surface area contributed by atoms with Crippen LogP contribution in [0, 0.1) is 0 Å². The maximum absolute atomic E-state index is 11.6. The molecule has 5 nitrogen and oxygen atoms in total. The third kappa shape index (κ3) is 8.81. The lowest BCUT2D eigenvalue weighted by Gasteiger charge is -2.05. The van der Waals surface area contributed by atoms with Gasteiger partial charge in [-0.2, -0.15) is 0 Å². The Labute approximate surface area is 125 Å². The highest BCUT2D eigenvalue weighted by molar-refractivity contribution is 5.78. The van der Waals surface area contributed by atoms with Crippen LogP contribution in [-0.2, 0) is 20.7 Å². The number of amides is 1. The Kier molecular flexibility index (Phi) is 8.12. The van der Waals surface area contributed by atoms with E-state index in [0.717, 1.165) is 18.4 Å². The molecule has 2 N–H and O–H groups in total. The van der Waals surface area contributed by atoms with Crippen molar-refractivity contribution in [2.24, 2.45) is 0 Å². The molecule has 0 fully saturated rings. The van der Waals surface area contributed by atoms with Gasteiger partial charge in [-0.15, -0.1) is 0 Å². The van der Waals surface area contributed by atoms with Crippen molar-refractivity contribution in [2.75, 3.05) is 19.8 Å². The minimum atomic E-state index is -0.0797. The zero-order chi connectivity index (χ0) is 15.5. The van der Waals surface area contributed by atoms with Crippen LogP contribution in [0.1, 0.15) is 31.7 Å². The molecule has 0 radical (unpaired) electrons. The normalized spacial score (nSPS) is 10.3. The number of hydrogen-bond donors (Lipinski definition) is 2. The van der Waals surface area contributed by atoms with Crippen LogP contribution in [0.5, 0.6) is 5.75 Å². The summed E-state index contributed by atoms with van der Waals surface area (Å²) in [6.45, 7) is 2.76. The number of nitrogens with one attached hydrogen (secondary N) is 1. The first-order chi connectivity index (χ1) is 10.1. The Balaban J connectivity index is 2.01. The van der Waals surface area contributed by atoms with Gasteiger partial charge in [0.05, 0.1) is 13.2 Å². The lowest BCUT2D eigenvalue weighted by molar-refractivity contribution is -0.121. The first-order valence-electron chi connectivity index (χ1n) is 7.19. The number of ketones is 1. The van der Waals surface area contributed by atoms with Crippen LogP contribution < -0.4 is 5.32 Å². The molecule has 0 saturated carbocycles. The van der Waals surface area contributed by atoms with Gasteiger partial charge in [0.1, 0.15) is 11.5 Å². The predicted molar refractivity (Wildman–Crippen MR) is 80.2 cm³/mol. The fourth-order valence-corrected chi connectivity index (χ4v) is 1.86. The Hall–Kier alpha value is -1.88. The monoisotopic (exact) mass is 293 g/mol. The van der Waals surface area contributed by atoms with E-state index in [4.69, 9.17) is 9.84 Å². The average molecular weight is 293 g/mol. The van der Waals surface area contributed by atoms with E-state index in [9.17, 15) is 9.59 Å². The van der Waals surface area contributed by atoms with Crippen molar-refractivity contribution < 1.29 is 19.4 Å². The van der Waals surface area contributed by atoms with E-state index >= 15 is 0 Å². The molecule has 0 aliphatic heterocycles. The summed E-state index contributed by atoms with van der Waals surface area (Å²) in [5.41, 5.74) is 1.12. The minimum absolute atomic E-state index is 0.0797. The molecule has 1 rings (SSSR count). The molecule has 0 aliphatic rings. The summed E-state index contributed by atoms with van der Waals surface area (Å²) in [6.07, 6.45) is 2.58. The molecule has 1 aromatic rings. The third-order valence-electron chi connectivity index (χ3n) is 3.00. The van der Waals surface area contributed by atoms with Crippen molar-refractivity contribution in [1.82, 2.24) is 5.32 Å². The van der Waals surface area contributed by atoms with Gasteiger partial charge in [-0.1, -0.05) is 12.1 Å². The zero-order valence-electron chi connectivity index (χ0n) is 12.4. The van der Waals surface area contributed by atoms with Crippen LogP contribution in [0.25, 0.3) is 0 Å². The number of hydrogen-bond acceptors (Lipinski definition) is 4. The van der Waals surface area contributed by atoms with Gasteiger partial charge in [-0.3, -0.25) is 9.59 Å². The number of aromatic hydroxyl groups is 1. The SMILES string of the molecule is CC(=O)NCCOCCC(=O)CCCc1ccc(O)cc1. The van der Waals surface area contributed by atoms with E-state index in [-0.39, 0.29) is 17.4 Å². The van der Waals surface area contributed by atoms with E-state index in [1.807, 2.05) is 12.1 Å². The van der Waals surface area contributed by atoms with Gasteiger partial charge < -0.3 is 15.2 Å². The van der Waals surface area contributed by atoms with Crippen molar-refractivity contribution >= 4 is 11.7 Å². The number of rotatable bonds is 10. The summed E-state index contributed by atoms with van der Waals surface area (Å²) in [7, 11) is 0. The van der Waals surface area contributed by atoms with Crippen molar-refractivity contribution in [1.29, 1.82) is 0 Å². The van der Waals surface area contributed by atoms with E-state index in [1.165, 1.54) is 6.92 Å². The van der Waals surface area contributed by atoms with E-state index in [0.29, 0.717) is 32.6 Å². The van der Waals surface area contributed by atoms with Crippen LogP contribution in [-0.4, -0.2) is 36.6 Å². The standard InChI is InChI=1S/C16H23NO4/c1-13(18)17-10-12-21-11-9-15(19)4-2-3-14-5-7-16(20)8-6-14/h5-8,20H,2-4,9-12H2,1H3,(H,17,18). The minimum Gasteiger partial charge on any atom is -0.508 e. The van der Waals surface area contributed by atoms with E-state index in [1.54, 1.807) is 12.1 Å². The Bertz CT molecular complexity index is 442. The second kappa shape index (κ2) is 9.94. The molecule has 116 valence electrons. The van der Waals surface area contributed by atoms with Gasteiger partial charge in [-0.25, -0.2) is 0 Å². The van der Waals surface area contributed by atoms with Crippen molar-refractivity contribution in [2.45, 2.75) is 32.6 Å². The predicted octanol–water partition coefficient (Wildman–Crippen LogP) is 1.83. The third-order valence-corrected chi connectivity index (χ3v) is 3.00. The molecule has 1 aromatic carbocycles. The number of carbonyl (C=O) groups excluding carboxylic acids is 2. The second-order valence-electron chi connectivity index (χ2n) is 4.90. The maximum atomic E-state index is 11.6. The summed E-state index contributed by atoms with van der Waals surface area (Å²) in [6, 6.07) is 7.04. The van der Waals surface area contributed by atoms with Crippen LogP contribution in [0.4, 0.5) is 0 Å². The summed E-state index contributed by atoms with van der Waals surface area (Å²) < 4.78 is 5.27. The number of carbonyl (C=O) groups is 2. The summed E-state index contributed by atoms with van der Waals surface area (Å²) in [4.78, 5) is 22.2. The highest BCUT2D eigenvalue weighted by Gasteiger charge is 2.03. The van der Waals surface area contributed by atoms with Gasteiger partial charge in [0.15, 0.2) is 0 Å². The largest absolute Gasteiger partial charge is 0.508 e. The van der Waals surface area contributed by atoms with Gasteiger partial charge in [-0.05, 0) is 30.5 Å². The molecule has 0 atom stereocenters. The Morgan fingerprint density at radius 2 is 1.86 bits per heavy atom. The lowest BCUT2D eigenvalue weighted by atomic mass is 10.1. The maximum Gasteiger partial charge on any atom is 0.216 e. The Morgan fingerprint density at radius 3 is 2.52 bits per heavy atom. The molecule has 0 saturated heterocycles. The number of ether oxygens (including phenoxy) is 1. The molecule has 0 aliphatic carbocycles. The molecule has 21 heavy (non-hydrogen) atoms. The smallest absolute Gasteiger partial charge is 0.216 e. The fraction of sp³-hybridized carbons (Fsp3) is 0.500. The van der Waals surface area contributed by atoms with Crippen LogP contribution in [0.15, 0.2) is 24.3 Å². The molecule has 5 heteroatoms. The second-order valence-corrected chi connectivity index (χ2v) is 4.90. The fourth-order valence-electron chi connectivity index (χ4n) is 1.86. The highest BCUT2D eigenvalue weighted by atomic mass is 16.5. The van der Waals surface area contributed by atoms with Gasteiger partial charge in [0.25, 0.3) is 0 Å². The molecular weight excluding hydrogens is 270 g/mol. The molecule has 0 unspecified atom stereocenters. The first-order valence-corrected chi connectivity index (χ1v) is 7.19. The summed E-state index contributed by atoms with van der Waals surface area (Å²) in [5, 5.41) is 11.8. The molecule has 0 spiro atoms. The topological polar surface area (TPSA) is 75.6 Å². The van der Waals surface area contributed by atoms with Crippen molar-refractivity contribution in [3.8, 4) is 5.75 Å². The number of aryl methyl sites for hydroxylation is 1. The van der Waals surface area contributed by atoms with Gasteiger partial charge >= 0.3 is 0 Å². The quantitative estimate of drug-likeness (QED) is 0.645. The number of phenols is 1. The summed E-state index contributed by atoms with van der Waals surface area (Å²) >= 11 is 0. The molecule has 1 amide bonds. The van der Waals surface area contributed by atoms with E-state index < -0.39 is 0 Å². The number of phenolic OH excluding ortho intramolecular Hbond substituents is 1. The first kappa shape index (κ1) is 17.2. The van der Waals surface area contributed by atoms with Gasteiger partial charge in [0.2, 0.25) is 5.91 Å². The van der Waals surface area contributed by atoms with Crippen LogP contribution in [0.3, 0.4) is 0 Å². The number of benzene rings is 1. The lowest BCUT2D eigenvalue weighted by Crippen LogP contribution is -2.24. The van der Waals surface area contributed by atoms with Crippen LogP contribution in [0.2, 0.25) is 0 Å². The summed E-state index contributed by atoms with van der Waals surface area (Å²) in [5.74, 6) is 0.364. The molecular formula is C16H23NO4. The Morgan fingerprint density at radius 1 is 1.14 bits per heavy atom. The average Bonchev–Trinajstić information content (AvgIpc) is 2.44. The van der Waals surface area contributed by atoms with E-state index in [2.05, 4.69) is 5.32 Å². The highest BCUT2D eigenvalue weighted by Crippen LogP contribution is 2.12.